The number of nitrogens with zero attached hydrogens (tertiary/aromatic N) is 4. The molecule has 2 aromatic rings. The van der Waals surface area contributed by atoms with Crippen LogP contribution in [0.3, 0.4) is 0 Å². The van der Waals surface area contributed by atoms with Crippen LogP contribution < -0.4 is 10.6 Å². The van der Waals surface area contributed by atoms with Crippen LogP contribution in [-0.2, 0) is 4.74 Å². The standard InChI is InChI=1S/C24H29BrN6O5/c1-15-14-36-7-6-30(15)24(33)20-9-17(25)10-21(31(34)35)22(20)28-18-4-3-5-29(13-18)23(32)16-8-19(26-2)12-27-11-16/h8-12,15,18,26,28H,3-7,13-14H2,1-2H3/t15-,18+/m0/s1. The van der Waals surface area contributed by atoms with Crippen LogP contribution in [-0.4, -0.2) is 83.5 Å². The number of hydrogen-bond donors (Lipinski definition) is 2. The maximum Gasteiger partial charge on any atom is 0.294 e. The Balaban J connectivity index is 1.60. The zero-order valence-electron chi connectivity index (χ0n) is 20.2. The van der Waals surface area contributed by atoms with Gasteiger partial charge in [-0.15, -0.1) is 0 Å². The third-order valence-corrected chi connectivity index (χ3v) is 6.93. The monoisotopic (exact) mass is 560 g/mol. The van der Waals surface area contributed by atoms with Crippen molar-refractivity contribution in [3.05, 3.63) is 56.3 Å². The van der Waals surface area contributed by atoms with E-state index in [-0.39, 0.29) is 40.8 Å². The van der Waals surface area contributed by atoms with E-state index in [4.69, 9.17) is 4.74 Å². The predicted octanol–water partition coefficient (Wildman–Crippen LogP) is 3.37. The number of ether oxygens (including phenoxy) is 1. The van der Waals surface area contributed by atoms with Gasteiger partial charge in [0.05, 0.1) is 41.0 Å². The number of carbonyl (C=O) groups is 2. The SMILES string of the molecule is CNc1cncc(C(=O)N2CCC[C@@H](Nc3c(C(=O)N4CCOC[C@@H]4C)cc(Br)cc3[N+](=O)[O-])C2)c1. The summed E-state index contributed by atoms with van der Waals surface area (Å²) in [6.07, 6.45) is 4.59. The molecule has 192 valence electrons. The number of nitro benzene ring substituents is 1. The summed E-state index contributed by atoms with van der Waals surface area (Å²) in [6.45, 7) is 4.04. The minimum absolute atomic E-state index is 0.151. The van der Waals surface area contributed by atoms with Crippen molar-refractivity contribution in [1.82, 2.24) is 14.8 Å². The second-order valence-electron chi connectivity index (χ2n) is 8.97. The molecule has 2 N–H and O–H groups in total. The molecule has 0 saturated carbocycles. The van der Waals surface area contributed by atoms with E-state index in [0.717, 1.165) is 12.1 Å². The molecule has 3 heterocycles. The number of benzene rings is 1. The lowest BCUT2D eigenvalue weighted by Crippen LogP contribution is -2.48. The number of morpholine rings is 1. The Morgan fingerprint density at radius 1 is 1.22 bits per heavy atom. The van der Waals surface area contributed by atoms with E-state index in [1.165, 1.54) is 12.3 Å². The molecule has 1 aromatic carbocycles. The maximum absolute atomic E-state index is 13.5. The van der Waals surface area contributed by atoms with Gasteiger partial charge in [0.1, 0.15) is 5.69 Å². The first-order chi connectivity index (χ1) is 17.3. The summed E-state index contributed by atoms with van der Waals surface area (Å²) >= 11 is 3.32. The van der Waals surface area contributed by atoms with Crippen molar-refractivity contribution < 1.29 is 19.2 Å². The molecular weight excluding hydrogens is 532 g/mol. The highest BCUT2D eigenvalue weighted by atomic mass is 79.9. The molecule has 4 rings (SSSR count). The van der Waals surface area contributed by atoms with Gasteiger partial charge in [-0.05, 0) is 31.9 Å². The molecule has 0 spiro atoms. The van der Waals surface area contributed by atoms with Gasteiger partial charge in [-0.1, -0.05) is 15.9 Å². The Hall–Kier alpha value is -3.25. The first kappa shape index (κ1) is 25.8. The van der Waals surface area contributed by atoms with Gasteiger partial charge in [0.15, 0.2) is 0 Å². The average Bonchev–Trinajstić information content (AvgIpc) is 2.89. The Kier molecular flexibility index (Phi) is 8.04. The lowest BCUT2D eigenvalue weighted by Gasteiger charge is -2.35. The summed E-state index contributed by atoms with van der Waals surface area (Å²) in [5, 5.41) is 18.2. The molecule has 36 heavy (non-hydrogen) atoms. The Morgan fingerprint density at radius 3 is 2.75 bits per heavy atom. The third kappa shape index (κ3) is 5.59. The van der Waals surface area contributed by atoms with Crippen LogP contribution >= 0.6 is 15.9 Å². The van der Waals surface area contributed by atoms with Gasteiger partial charge in [0, 0.05) is 55.7 Å². The number of nitrogens with one attached hydrogen (secondary N) is 2. The van der Waals surface area contributed by atoms with E-state index in [2.05, 4.69) is 31.5 Å². The summed E-state index contributed by atoms with van der Waals surface area (Å²) in [7, 11) is 1.76. The zero-order chi connectivity index (χ0) is 25.8. The average molecular weight is 561 g/mol. The van der Waals surface area contributed by atoms with Crippen LogP contribution in [0, 0.1) is 10.1 Å². The number of amides is 2. The van der Waals surface area contributed by atoms with Gasteiger partial charge in [-0.25, -0.2) is 0 Å². The van der Waals surface area contributed by atoms with E-state index >= 15 is 0 Å². The van der Waals surface area contributed by atoms with E-state index in [0.29, 0.717) is 49.3 Å². The van der Waals surface area contributed by atoms with Crippen molar-refractivity contribution in [2.75, 3.05) is 50.5 Å². The number of pyridine rings is 1. The largest absolute Gasteiger partial charge is 0.387 e. The van der Waals surface area contributed by atoms with Crippen molar-refractivity contribution in [2.24, 2.45) is 0 Å². The minimum Gasteiger partial charge on any atom is -0.387 e. The molecular formula is C24H29BrN6O5. The van der Waals surface area contributed by atoms with E-state index in [9.17, 15) is 19.7 Å². The van der Waals surface area contributed by atoms with Crippen molar-refractivity contribution in [3.63, 3.8) is 0 Å². The third-order valence-electron chi connectivity index (χ3n) is 6.47. The Labute approximate surface area is 217 Å². The maximum atomic E-state index is 13.5. The molecule has 11 nitrogen and oxygen atoms in total. The number of anilines is 2. The lowest BCUT2D eigenvalue weighted by atomic mass is 10.0. The fourth-order valence-electron chi connectivity index (χ4n) is 4.60. The predicted molar refractivity (Wildman–Crippen MR) is 138 cm³/mol. The smallest absolute Gasteiger partial charge is 0.294 e. The molecule has 2 amide bonds. The molecule has 2 aliphatic rings. The molecule has 0 radical (unpaired) electrons. The van der Waals surface area contributed by atoms with Crippen molar-refractivity contribution in [1.29, 1.82) is 0 Å². The fraction of sp³-hybridized carbons (Fsp3) is 0.458. The molecule has 2 fully saturated rings. The van der Waals surface area contributed by atoms with E-state index in [1.54, 1.807) is 35.2 Å². The van der Waals surface area contributed by atoms with E-state index in [1.807, 2.05) is 6.92 Å². The summed E-state index contributed by atoms with van der Waals surface area (Å²) < 4.78 is 5.89. The van der Waals surface area contributed by atoms with Gasteiger partial charge in [-0.2, -0.15) is 0 Å². The molecule has 12 heteroatoms. The van der Waals surface area contributed by atoms with Crippen molar-refractivity contribution in [2.45, 2.75) is 31.8 Å². The molecule has 2 saturated heterocycles. The number of likely N-dealkylation sites (tertiary alicyclic amines) is 1. The lowest BCUT2D eigenvalue weighted by molar-refractivity contribution is -0.384. The van der Waals surface area contributed by atoms with Gasteiger partial charge in [0.2, 0.25) is 0 Å². The number of aromatic nitrogens is 1. The second-order valence-corrected chi connectivity index (χ2v) is 9.89. The highest BCUT2D eigenvalue weighted by molar-refractivity contribution is 9.10. The molecule has 0 aliphatic carbocycles. The normalized spacial score (nSPS) is 20.1. The van der Waals surface area contributed by atoms with Crippen LogP contribution in [0.2, 0.25) is 0 Å². The first-order valence-corrected chi connectivity index (χ1v) is 12.6. The molecule has 0 bridgehead atoms. The summed E-state index contributed by atoms with van der Waals surface area (Å²) in [5.41, 5.74) is 1.40. The number of carbonyl (C=O) groups excluding carboxylic acids is 2. The Morgan fingerprint density at radius 2 is 2.03 bits per heavy atom. The number of rotatable bonds is 6. The fourth-order valence-corrected chi connectivity index (χ4v) is 5.05. The number of hydrogen-bond acceptors (Lipinski definition) is 8. The van der Waals surface area contributed by atoms with Crippen LogP contribution in [0.1, 0.15) is 40.5 Å². The van der Waals surface area contributed by atoms with Gasteiger partial charge in [-0.3, -0.25) is 24.7 Å². The van der Waals surface area contributed by atoms with Gasteiger partial charge < -0.3 is 25.2 Å². The molecule has 0 unspecified atom stereocenters. The van der Waals surface area contributed by atoms with Crippen LogP contribution in [0.4, 0.5) is 17.1 Å². The van der Waals surface area contributed by atoms with Crippen LogP contribution in [0.15, 0.2) is 35.1 Å². The number of nitro groups is 1. The topological polar surface area (TPSA) is 130 Å². The number of piperidine rings is 1. The van der Waals surface area contributed by atoms with E-state index < -0.39 is 4.92 Å². The van der Waals surface area contributed by atoms with Gasteiger partial charge >= 0.3 is 0 Å². The Bertz CT molecular complexity index is 1160. The van der Waals surface area contributed by atoms with Crippen LogP contribution in [0.5, 0.6) is 0 Å². The molecule has 2 aliphatic heterocycles. The number of halogens is 1. The quantitative estimate of drug-likeness (QED) is 0.406. The zero-order valence-corrected chi connectivity index (χ0v) is 21.8. The van der Waals surface area contributed by atoms with Crippen molar-refractivity contribution >= 4 is 44.8 Å². The molecule has 2 atom stereocenters. The van der Waals surface area contributed by atoms with Crippen molar-refractivity contribution in [3.8, 4) is 0 Å². The summed E-state index contributed by atoms with van der Waals surface area (Å²) in [5.74, 6) is -0.453. The first-order valence-electron chi connectivity index (χ1n) is 11.8. The minimum atomic E-state index is -0.493. The summed E-state index contributed by atoms with van der Waals surface area (Å²) in [6, 6.07) is 4.33. The second kappa shape index (κ2) is 11.2. The highest BCUT2D eigenvalue weighted by Crippen LogP contribution is 2.35. The van der Waals surface area contributed by atoms with Gasteiger partial charge in [0.25, 0.3) is 17.5 Å². The summed E-state index contributed by atoms with van der Waals surface area (Å²) in [4.78, 5) is 45.7. The molecule has 1 aromatic heterocycles. The highest BCUT2D eigenvalue weighted by Gasteiger charge is 2.33. The van der Waals surface area contributed by atoms with Crippen LogP contribution in [0.25, 0.3) is 0 Å².